The first kappa shape index (κ1) is 15.4. The van der Waals surface area contributed by atoms with Crippen LogP contribution in [0.3, 0.4) is 0 Å². The van der Waals surface area contributed by atoms with Crippen molar-refractivity contribution in [1.29, 1.82) is 0 Å². The minimum Gasteiger partial charge on any atom is -0.464 e. The third-order valence-electron chi connectivity index (χ3n) is 3.13. The Morgan fingerprint density at radius 3 is 2.81 bits per heavy atom. The van der Waals surface area contributed by atoms with Crippen LogP contribution in [-0.4, -0.2) is 43.4 Å². The van der Waals surface area contributed by atoms with Crippen LogP contribution in [0.2, 0.25) is 0 Å². The third-order valence-corrected chi connectivity index (χ3v) is 3.13. The first-order chi connectivity index (χ1) is 10.0. The Balaban J connectivity index is 1.90. The molecule has 0 bridgehead atoms. The Hall–Kier alpha value is -1.99. The second kappa shape index (κ2) is 6.64. The van der Waals surface area contributed by atoms with E-state index >= 15 is 0 Å². The molecule has 1 aromatic rings. The zero-order valence-corrected chi connectivity index (χ0v) is 11.3. The average Bonchev–Trinajstić information content (AvgIpc) is 2.36. The molecule has 0 aliphatic carbocycles. The van der Waals surface area contributed by atoms with Gasteiger partial charge < -0.3 is 14.4 Å². The van der Waals surface area contributed by atoms with Crippen molar-refractivity contribution in [2.75, 3.05) is 24.6 Å². The predicted molar refractivity (Wildman–Crippen MR) is 68.1 cm³/mol. The van der Waals surface area contributed by atoms with Gasteiger partial charge in [0.2, 0.25) is 12.1 Å². The van der Waals surface area contributed by atoms with Crippen molar-refractivity contribution in [1.82, 2.24) is 4.98 Å². The molecule has 5 nitrogen and oxygen atoms in total. The number of carbonyl (C=O) groups is 1. The van der Waals surface area contributed by atoms with Gasteiger partial charge in [-0.05, 0) is 13.0 Å². The van der Waals surface area contributed by atoms with Crippen molar-refractivity contribution in [3.05, 3.63) is 18.3 Å². The van der Waals surface area contributed by atoms with E-state index in [0.717, 1.165) is 0 Å². The highest BCUT2D eigenvalue weighted by Crippen LogP contribution is 2.30. The molecule has 1 aromatic heterocycles. The molecule has 1 atom stereocenters. The first-order valence-corrected chi connectivity index (χ1v) is 6.47. The number of esters is 1. The summed E-state index contributed by atoms with van der Waals surface area (Å²) in [5.41, 5.74) is 0.591. The molecular weight excluding hydrogens is 289 g/mol. The number of pyridine rings is 1. The normalized spacial score (nSPS) is 16.5. The van der Waals surface area contributed by atoms with Crippen LogP contribution in [0.5, 0.6) is 5.88 Å². The summed E-state index contributed by atoms with van der Waals surface area (Å²) >= 11 is 0. The molecule has 0 saturated carbocycles. The van der Waals surface area contributed by atoms with Crippen LogP contribution in [0.25, 0.3) is 0 Å². The van der Waals surface area contributed by atoms with E-state index in [2.05, 4.69) is 14.5 Å². The van der Waals surface area contributed by atoms with Crippen molar-refractivity contribution in [2.24, 2.45) is 5.92 Å². The minimum atomic E-state index is -2.95. The summed E-state index contributed by atoms with van der Waals surface area (Å²) in [6.45, 7) is -0.597. The van der Waals surface area contributed by atoms with E-state index in [9.17, 15) is 18.0 Å². The molecule has 2 rings (SSSR count). The molecule has 8 heteroatoms. The molecule has 1 aliphatic heterocycles. The minimum absolute atomic E-state index is 0.133. The fourth-order valence-electron chi connectivity index (χ4n) is 2.07. The Labute approximate surface area is 119 Å². The molecule has 1 unspecified atom stereocenters. The van der Waals surface area contributed by atoms with Gasteiger partial charge in [-0.25, -0.2) is 14.2 Å². The summed E-state index contributed by atoms with van der Waals surface area (Å²) in [7, 11) is 0. The van der Waals surface area contributed by atoms with Crippen molar-refractivity contribution < 1.29 is 27.4 Å². The molecule has 0 N–H and O–H groups in total. The molecule has 2 heterocycles. The van der Waals surface area contributed by atoms with Crippen molar-refractivity contribution in [3.8, 4) is 5.88 Å². The van der Waals surface area contributed by atoms with Gasteiger partial charge in [-0.15, -0.1) is 0 Å². The smallest absolute Gasteiger partial charge is 0.388 e. The summed E-state index contributed by atoms with van der Waals surface area (Å²) in [6.07, 6.45) is -0.335. The van der Waals surface area contributed by atoms with E-state index in [0.29, 0.717) is 18.8 Å². The van der Waals surface area contributed by atoms with Crippen molar-refractivity contribution >= 4 is 11.7 Å². The van der Waals surface area contributed by atoms with Crippen LogP contribution in [0.4, 0.5) is 18.9 Å². The number of hydrogen-bond donors (Lipinski definition) is 0. The number of aromatic nitrogens is 1. The van der Waals surface area contributed by atoms with Gasteiger partial charge in [-0.1, -0.05) is 0 Å². The lowest BCUT2D eigenvalue weighted by Crippen LogP contribution is -2.53. The number of ether oxygens (including phenoxy) is 2. The summed E-state index contributed by atoms with van der Waals surface area (Å²) in [4.78, 5) is 16.7. The van der Waals surface area contributed by atoms with Crippen LogP contribution < -0.4 is 9.64 Å². The maximum Gasteiger partial charge on any atom is 0.388 e. The zero-order chi connectivity index (χ0) is 15.4. The van der Waals surface area contributed by atoms with Gasteiger partial charge in [0.15, 0.2) is 0 Å². The highest BCUT2D eigenvalue weighted by atomic mass is 19.3. The molecule has 1 saturated heterocycles. The average molecular weight is 304 g/mol. The lowest BCUT2D eigenvalue weighted by atomic mass is 9.94. The predicted octanol–water partition coefficient (Wildman–Crippen LogP) is 2.02. The monoisotopic (exact) mass is 304 g/mol. The second-order valence-electron chi connectivity index (χ2n) is 4.55. The number of alkyl halides is 3. The maximum atomic E-state index is 13.7. The number of carbonyl (C=O) groups excluding carboxylic acids is 1. The van der Waals surface area contributed by atoms with Gasteiger partial charge in [0.05, 0.1) is 6.61 Å². The van der Waals surface area contributed by atoms with Gasteiger partial charge in [0, 0.05) is 37.0 Å². The molecule has 0 aromatic carbocycles. The molecule has 21 heavy (non-hydrogen) atoms. The third kappa shape index (κ3) is 3.77. The molecule has 0 radical (unpaired) electrons. The van der Waals surface area contributed by atoms with Crippen LogP contribution >= 0.6 is 0 Å². The van der Waals surface area contributed by atoms with E-state index in [1.165, 1.54) is 12.3 Å². The number of halogens is 3. The summed E-state index contributed by atoms with van der Waals surface area (Å²) in [5, 5.41) is 0. The Bertz CT molecular complexity index is 495. The Morgan fingerprint density at radius 1 is 1.48 bits per heavy atom. The lowest BCUT2D eigenvalue weighted by Gasteiger charge is -2.41. The Morgan fingerprint density at radius 2 is 2.19 bits per heavy atom. The lowest BCUT2D eigenvalue weighted by molar-refractivity contribution is -0.151. The van der Waals surface area contributed by atoms with Gasteiger partial charge >= 0.3 is 12.6 Å². The summed E-state index contributed by atoms with van der Waals surface area (Å²) < 4.78 is 46.8. The molecule has 1 fully saturated rings. The number of nitrogens with zero attached hydrogens (tertiary/aromatic N) is 2. The SMILES string of the molecule is CCOC(=O)C(F)C1CN(c2ccnc(OC(F)F)c2)C1. The zero-order valence-electron chi connectivity index (χ0n) is 11.3. The summed E-state index contributed by atoms with van der Waals surface area (Å²) in [5.74, 6) is -1.52. The van der Waals surface area contributed by atoms with Gasteiger partial charge in [0.1, 0.15) is 0 Å². The van der Waals surface area contributed by atoms with E-state index in [-0.39, 0.29) is 12.5 Å². The molecular formula is C13H15F3N2O3. The van der Waals surface area contributed by atoms with Gasteiger partial charge in [0.25, 0.3) is 0 Å². The van der Waals surface area contributed by atoms with Gasteiger partial charge in [-0.2, -0.15) is 8.78 Å². The largest absolute Gasteiger partial charge is 0.464 e. The molecule has 116 valence electrons. The van der Waals surface area contributed by atoms with E-state index in [1.807, 2.05) is 0 Å². The Kier molecular flexibility index (Phi) is 4.87. The fraction of sp³-hybridized carbons (Fsp3) is 0.538. The quantitative estimate of drug-likeness (QED) is 0.753. The van der Waals surface area contributed by atoms with E-state index in [4.69, 9.17) is 0 Å². The second-order valence-corrected chi connectivity index (χ2v) is 4.55. The topological polar surface area (TPSA) is 51.7 Å². The van der Waals surface area contributed by atoms with Gasteiger partial charge in [-0.3, -0.25) is 0 Å². The van der Waals surface area contributed by atoms with E-state index < -0.39 is 24.7 Å². The number of anilines is 1. The number of rotatable bonds is 6. The highest BCUT2D eigenvalue weighted by Gasteiger charge is 2.38. The first-order valence-electron chi connectivity index (χ1n) is 6.47. The number of hydrogen-bond acceptors (Lipinski definition) is 5. The summed E-state index contributed by atoms with van der Waals surface area (Å²) in [6, 6.07) is 2.95. The van der Waals surface area contributed by atoms with Crippen LogP contribution in [0, 0.1) is 5.92 Å². The molecule has 0 amide bonds. The highest BCUT2D eigenvalue weighted by molar-refractivity contribution is 5.75. The van der Waals surface area contributed by atoms with Crippen LogP contribution in [0.1, 0.15) is 6.92 Å². The molecule has 0 spiro atoms. The maximum absolute atomic E-state index is 13.7. The fourth-order valence-corrected chi connectivity index (χ4v) is 2.07. The van der Waals surface area contributed by atoms with Crippen LogP contribution in [-0.2, 0) is 9.53 Å². The van der Waals surface area contributed by atoms with Crippen molar-refractivity contribution in [3.63, 3.8) is 0 Å². The van der Waals surface area contributed by atoms with E-state index in [1.54, 1.807) is 17.9 Å². The molecule has 1 aliphatic rings. The van der Waals surface area contributed by atoms with Crippen molar-refractivity contribution in [2.45, 2.75) is 19.7 Å². The standard InChI is InChI=1S/C13H15F3N2O3/c1-2-20-12(19)11(14)8-6-18(7-8)9-3-4-17-10(5-9)21-13(15)16/h3-5,8,11,13H,2,6-7H2,1H3. The van der Waals surface area contributed by atoms with Crippen LogP contribution in [0.15, 0.2) is 18.3 Å².